The van der Waals surface area contributed by atoms with Crippen molar-refractivity contribution in [1.82, 2.24) is 0 Å². The molecule has 0 heterocycles. The minimum atomic E-state index is -0.738. The van der Waals surface area contributed by atoms with E-state index in [4.69, 9.17) is 0 Å². The summed E-state index contributed by atoms with van der Waals surface area (Å²) < 4.78 is 0. The molecule has 1 nitrogen and oxygen atoms in total. The van der Waals surface area contributed by atoms with Crippen LogP contribution in [0.25, 0.3) is 0 Å². The van der Waals surface area contributed by atoms with Crippen LogP contribution in [0.5, 0.6) is 0 Å². The van der Waals surface area contributed by atoms with E-state index in [0.29, 0.717) is 5.92 Å². The van der Waals surface area contributed by atoms with E-state index in [1.165, 1.54) is 19.3 Å². The topological polar surface area (TPSA) is 20.2 Å². The van der Waals surface area contributed by atoms with Gasteiger partial charge in [-0.2, -0.15) is 0 Å². The Balaban J connectivity index is 2.34. The molecular formula is C20H24O. The third-order valence-electron chi connectivity index (χ3n) is 3.19. The van der Waals surface area contributed by atoms with Crippen molar-refractivity contribution in [1.29, 1.82) is 0 Å². The maximum atomic E-state index is 9.83. The van der Waals surface area contributed by atoms with Crippen LogP contribution in [0, 0.1) is 29.6 Å². The summed E-state index contributed by atoms with van der Waals surface area (Å²) in [7, 11) is 0. The zero-order valence-corrected chi connectivity index (χ0v) is 13.0. The van der Waals surface area contributed by atoms with Crippen LogP contribution in [0.15, 0.2) is 42.5 Å². The first-order chi connectivity index (χ1) is 10.2. The smallest absolute Gasteiger partial charge is 0.140 e. The molecule has 1 aromatic carbocycles. The van der Waals surface area contributed by atoms with E-state index >= 15 is 0 Å². The number of rotatable bonds is 5. The van der Waals surface area contributed by atoms with Crippen LogP contribution < -0.4 is 0 Å². The van der Waals surface area contributed by atoms with Gasteiger partial charge < -0.3 is 5.11 Å². The number of allylic oxidation sites excluding steroid dienone is 2. The molecule has 0 saturated carbocycles. The van der Waals surface area contributed by atoms with Crippen LogP contribution in [0.1, 0.15) is 51.2 Å². The SMILES string of the molecule is CCCCC(C)CC#C/C=C\C#CC(O)c1ccccc1. The quantitative estimate of drug-likeness (QED) is 0.787. The van der Waals surface area contributed by atoms with Crippen molar-refractivity contribution in [2.24, 2.45) is 5.92 Å². The van der Waals surface area contributed by atoms with E-state index in [1.54, 1.807) is 12.2 Å². The molecule has 0 saturated heterocycles. The lowest BCUT2D eigenvalue weighted by Crippen LogP contribution is -1.92. The molecule has 1 heteroatoms. The van der Waals surface area contributed by atoms with Crippen LogP contribution in [0.2, 0.25) is 0 Å². The standard InChI is InChI=1S/C20H24O/c1-3-4-13-18(2)14-9-6-5-7-12-17-20(21)19-15-10-8-11-16-19/h5,7-8,10-11,15-16,18,20-21H,3-4,13-14H2,1-2H3/b7-5-. The molecule has 0 fully saturated rings. The summed E-state index contributed by atoms with van der Waals surface area (Å²) in [5.74, 6) is 12.4. The van der Waals surface area contributed by atoms with Crippen LogP contribution in [-0.2, 0) is 0 Å². The second kappa shape index (κ2) is 10.8. The van der Waals surface area contributed by atoms with Crippen molar-refractivity contribution in [3.05, 3.63) is 48.0 Å². The van der Waals surface area contributed by atoms with Gasteiger partial charge in [-0.1, -0.05) is 80.7 Å². The Morgan fingerprint density at radius 1 is 1.14 bits per heavy atom. The van der Waals surface area contributed by atoms with E-state index in [2.05, 4.69) is 37.5 Å². The summed E-state index contributed by atoms with van der Waals surface area (Å²) in [6, 6.07) is 9.42. The van der Waals surface area contributed by atoms with Crippen LogP contribution in [-0.4, -0.2) is 5.11 Å². The molecule has 0 spiro atoms. The Hall–Kier alpha value is -1.96. The number of hydrogen-bond donors (Lipinski definition) is 1. The third kappa shape index (κ3) is 8.03. The summed E-state index contributed by atoms with van der Waals surface area (Å²) in [5, 5.41) is 9.83. The minimum absolute atomic E-state index is 0.664. The summed E-state index contributed by atoms with van der Waals surface area (Å²) in [5.41, 5.74) is 0.814. The Kier molecular flexibility index (Phi) is 8.78. The molecule has 2 atom stereocenters. The number of aliphatic hydroxyl groups is 1. The number of unbranched alkanes of at least 4 members (excludes halogenated alkanes) is 1. The first-order valence-electron chi connectivity index (χ1n) is 7.61. The lowest BCUT2D eigenvalue weighted by molar-refractivity contribution is 0.238. The minimum Gasteiger partial charge on any atom is -0.376 e. The van der Waals surface area contributed by atoms with Gasteiger partial charge in [-0.15, -0.1) is 0 Å². The van der Waals surface area contributed by atoms with Crippen molar-refractivity contribution in [2.75, 3.05) is 0 Å². The van der Waals surface area contributed by atoms with Gasteiger partial charge in [0.05, 0.1) is 0 Å². The Bertz CT molecular complexity index is 534. The normalized spacial score (nSPS) is 12.9. The monoisotopic (exact) mass is 280 g/mol. The first-order valence-corrected chi connectivity index (χ1v) is 7.61. The van der Waals surface area contributed by atoms with Gasteiger partial charge >= 0.3 is 0 Å². The van der Waals surface area contributed by atoms with E-state index in [-0.39, 0.29) is 0 Å². The lowest BCUT2D eigenvalue weighted by atomic mass is 10.0. The van der Waals surface area contributed by atoms with Gasteiger partial charge in [-0.25, -0.2) is 0 Å². The molecule has 0 amide bonds. The zero-order chi connectivity index (χ0) is 15.3. The van der Waals surface area contributed by atoms with Gasteiger partial charge in [-0.05, 0) is 30.1 Å². The predicted octanol–water partition coefficient (Wildman–Crippen LogP) is 4.50. The largest absolute Gasteiger partial charge is 0.376 e. The Morgan fingerprint density at radius 2 is 1.86 bits per heavy atom. The van der Waals surface area contributed by atoms with Crippen molar-refractivity contribution in [3.63, 3.8) is 0 Å². The third-order valence-corrected chi connectivity index (χ3v) is 3.19. The molecule has 0 aliphatic heterocycles. The average molecular weight is 280 g/mol. The van der Waals surface area contributed by atoms with Gasteiger partial charge in [-0.3, -0.25) is 0 Å². The van der Waals surface area contributed by atoms with Crippen molar-refractivity contribution >= 4 is 0 Å². The molecule has 1 rings (SSSR count). The van der Waals surface area contributed by atoms with Crippen LogP contribution >= 0.6 is 0 Å². The number of hydrogen-bond acceptors (Lipinski definition) is 1. The highest BCUT2D eigenvalue weighted by molar-refractivity contribution is 5.30. The van der Waals surface area contributed by atoms with Crippen LogP contribution in [0.4, 0.5) is 0 Å². The van der Waals surface area contributed by atoms with Crippen LogP contribution in [0.3, 0.4) is 0 Å². The fraction of sp³-hybridized carbons (Fsp3) is 0.400. The van der Waals surface area contributed by atoms with Gasteiger partial charge in [0.2, 0.25) is 0 Å². The molecular weight excluding hydrogens is 256 g/mol. The van der Waals surface area contributed by atoms with Gasteiger partial charge in [0, 0.05) is 6.42 Å². The number of aliphatic hydroxyl groups excluding tert-OH is 1. The second-order valence-corrected chi connectivity index (χ2v) is 5.21. The maximum Gasteiger partial charge on any atom is 0.140 e. The molecule has 0 aliphatic rings. The molecule has 0 bridgehead atoms. The molecule has 0 radical (unpaired) electrons. The summed E-state index contributed by atoms with van der Waals surface area (Å²) in [4.78, 5) is 0. The summed E-state index contributed by atoms with van der Waals surface area (Å²) >= 11 is 0. The zero-order valence-electron chi connectivity index (χ0n) is 13.0. The van der Waals surface area contributed by atoms with Crippen molar-refractivity contribution in [3.8, 4) is 23.7 Å². The molecule has 0 aliphatic carbocycles. The van der Waals surface area contributed by atoms with Gasteiger partial charge in [0.25, 0.3) is 0 Å². The first kappa shape index (κ1) is 17.1. The summed E-state index contributed by atoms with van der Waals surface area (Å²) in [6.45, 7) is 4.45. The van der Waals surface area contributed by atoms with E-state index in [9.17, 15) is 5.11 Å². The molecule has 2 unspecified atom stereocenters. The Labute approximate surface area is 129 Å². The highest BCUT2D eigenvalue weighted by Gasteiger charge is 2.00. The lowest BCUT2D eigenvalue weighted by Gasteiger charge is -2.04. The molecule has 21 heavy (non-hydrogen) atoms. The fourth-order valence-corrected chi connectivity index (χ4v) is 1.88. The van der Waals surface area contributed by atoms with E-state index in [0.717, 1.165) is 12.0 Å². The van der Waals surface area contributed by atoms with Crippen molar-refractivity contribution < 1.29 is 5.11 Å². The van der Waals surface area contributed by atoms with Gasteiger partial charge in [0.15, 0.2) is 0 Å². The molecule has 0 aromatic heterocycles. The maximum absolute atomic E-state index is 9.83. The molecule has 110 valence electrons. The predicted molar refractivity (Wildman–Crippen MR) is 89.4 cm³/mol. The highest BCUT2D eigenvalue weighted by atomic mass is 16.3. The van der Waals surface area contributed by atoms with E-state index in [1.807, 2.05) is 30.3 Å². The number of benzene rings is 1. The Morgan fingerprint density at radius 3 is 2.57 bits per heavy atom. The average Bonchev–Trinajstić information content (AvgIpc) is 2.52. The fourth-order valence-electron chi connectivity index (χ4n) is 1.88. The van der Waals surface area contributed by atoms with Gasteiger partial charge in [0.1, 0.15) is 6.10 Å². The highest BCUT2D eigenvalue weighted by Crippen LogP contribution is 2.11. The second-order valence-electron chi connectivity index (χ2n) is 5.21. The molecule has 1 N–H and O–H groups in total. The van der Waals surface area contributed by atoms with E-state index < -0.39 is 6.10 Å². The summed E-state index contributed by atoms with van der Waals surface area (Å²) in [6.07, 6.45) is 7.41. The molecule has 1 aromatic rings. The van der Waals surface area contributed by atoms with Crippen molar-refractivity contribution in [2.45, 2.75) is 45.6 Å².